The second kappa shape index (κ2) is 8.18. The van der Waals surface area contributed by atoms with Gasteiger partial charge in [0.2, 0.25) is 17.7 Å². The summed E-state index contributed by atoms with van der Waals surface area (Å²) in [6.45, 7) is 5.06. The van der Waals surface area contributed by atoms with Crippen LogP contribution in [0.25, 0.3) is 0 Å². The SMILES string of the molecule is CC(C)[C@H](NC(=O)CC(N)c1cccnc1)C(=O)[C@@H]1C(=O)NC(=O)[C@H]1C. The number of rotatable bonds is 7. The van der Waals surface area contributed by atoms with E-state index in [2.05, 4.69) is 15.6 Å². The zero-order chi connectivity index (χ0) is 19.4. The van der Waals surface area contributed by atoms with Crippen molar-refractivity contribution < 1.29 is 19.2 Å². The average molecular weight is 360 g/mol. The smallest absolute Gasteiger partial charge is 0.238 e. The predicted molar refractivity (Wildman–Crippen MR) is 93.4 cm³/mol. The van der Waals surface area contributed by atoms with Gasteiger partial charge in [-0.05, 0) is 17.5 Å². The van der Waals surface area contributed by atoms with E-state index in [-0.39, 0.29) is 12.3 Å². The number of carbonyl (C=O) groups excluding carboxylic acids is 4. The fraction of sp³-hybridized carbons (Fsp3) is 0.500. The summed E-state index contributed by atoms with van der Waals surface area (Å²) in [4.78, 5) is 52.6. The van der Waals surface area contributed by atoms with E-state index in [0.717, 1.165) is 0 Å². The fourth-order valence-corrected chi connectivity index (χ4v) is 2.97. The van der Waals surface area contributed by atoms with Crippen molar-refractivity contribution in [3.8, 4) is 0 Å². The molecule has 1 aliphatic rings. The van der Waals surface area contributed by atoms with Gasteiger partial charge in [0.15, 0.2) is 5.78 Å². The van der Waals surface area contributed by atoms with Crippen LogP contribution < -0.4 is 16.4 Å². The lowest BCUT2D eigenvalue weighted by atomic mass is 9.85. The molecular weight excluding hydrogens is 336 g/mol. The highest BCUT2D eigenvalue weighted by atomic mass is 16.2. The quantitative estimate of drug-likeness (QED) is 0.466. The number of pyridine rings is 1. The van der Waals surface area contributed by atoms with Crippen LogP contribution in [-0.4, -0.2) is 34.5 Å². The summed E-state index contributed by atoms with van der Waals surface area (Å²) in [7, 11) is 0. The Balaban J connectivity index is 2.05. The van der Waals surface area contributed by atoms with Crippen molar-refractivity contribution in [2.24, 2.45) is 23.5 Å². The Bertz CT molecular complexity index is 704. The van der Waals surface area contributed by atoms with E-state index in [1.807, 2.05) is 0 Å². The molecule has 3 amide bonds. The van der Waals surface area contributed by atoms with Gasteiger partial charge < -0.3 is 11.1 Å². The number of nitrogens with zero attached hydrogens (tertiary/aromatic N) is 1. The average Bonchev–Trinajstić information content (AvgIpc) is 2.85. The monoisotopic (exact) mass is 360 g/mol. The minimum Gasteiger partial charge on any atom is -0.346 e. The van der Waals surface area contributed by atoms with Crippen molar-refractivity contribution in [2.45, 2.75) is 39.3 Å². The molecule has 2 heterocycles. The Kier molecular flexibility index (Phi) is 6.20. The second-order valence-corrected chi connectivity index (χ2v) is 6.91. The molecule has 1 saturated heterocycles. The molecule has 1 aromatic rings. The van der Waals surface area contributed by atoms with Gasteiger partial charge in [-0.15, -0.1) is 0 Å². The number of amides is 3. The summed E-state index contributed by atoms with van der Waals surface area (Å²) < 4.78 is 0. The molecule has 1 fully saturated rings. The van der Waals surface area contributed by atoms with Gasteiger partial charge in [0.05, 0.1) is 12.0 Å². The molecule has 0 bridgehead atoms. The van der Waals surface area contributed by atoms with Crippen molar-refractivity contribution in [3.63, 3.8) is 0 Å². The summed E-state index contributed by atoms with van der Waals surface area (Å²) in [5, 5.41) is 4.83. The summed E-state index contributed by atoms with van der Waals surface area (Å²) >= 11 is 0. The predicted octanol–water partition coefficient (Wildman–Crippen LogP) is 0.0901. The van der Waals surface area contributed by atoms with E-state index >= 15 is 0 Å². The number of hydrogen-bond donors (Lipinski definition) is 3. The highest BCUT2D eigenvalue weighted by molar-refractivity contribution is 6.16. The van der Waals surface area contributed by atoms with Crippen molar-refractivity contribution in [2.75, 3.05) is 0 Å². The number of aromatic nitrogens is 1. The lowest BCUT2D eigenvalue weighted by Gasteiger charge is -2.25. The molecular formula is C18H24N4O4. The summed E-state index contributed by atoms with van der Waals surface area (Å²) in [5.74, 6) is -4.00. The Labute approximate surface area is 151 Å². The van der Waals surface area contributed by atoms with Gasteiger partial charge in [0, 0.05) is 24.9 Å². The van der Waals surface area contributed by atoms with Crippen molar-refractivity contribution >= 4 is 23.5 Å². The van der Waals surface area contributed by atoms with Crippen LogP contribution >= 0.6 is 0 Å². The molecule has 140 valence electrons. The third-order valence-corrected chi connectivity index (χ3v) is 4.56. The van der Waals surface area contributed by atoms with Gasteiger partial charge in [-0.3, -0.25) is 29.5 Å². The van der Waals surface area contributed by atoms with Crippen LogP contribution in [0.4, 0.5) is 0 Å². The van der Waals surface area contributed by atoms with Crippen LogP contribution in [0.1, 0.15) is 38.8 Å². The lowest BCUT2D eigenvalue weighted by Crippen LogP contribution is -2.49. The van der Waals surface area contributed by atoms with E-state index in [1.165, 1.54) is 6.92 Å². The van der Waals surface area contributed by atoms with Crippen molar-refractivity contribution in [1.29, 1.82) is 0 Å². The molecule has 1 aliphatic heterocycles. The first-order valence-electron chi connectivity index (χ1n) is 8.55. The topological polar surface area (TPSA) is 131 Å². The molecule has 8 heteroatoms. The lowest BCUT2D eigenvalue weighted by molar-refractivity contribution is -0.137. The first-order chi connectivity index (χ1) is 12.2. The molecule has 0 aromatic carbocycles. The summed E-state index contributed by atoms with van der Waals surface area (Å²) in [5.41, 5.74) is 6.73. The first-order valence-corrected chi connectivity index (χ1v) is 8.55. The van der Waals surface area contributed by atoms with E-state index < -0.39 is 47.4 Å². The van der Waals surface area contributed by atoms with Gasteiger partial charge in [-0.25, -0.2) is 0 Å². The maximum absolute atomic E-state index is 12.8. The number of carbonyl (C=O) groups is 4. The Morgan fingerprint density at radius 1 is 1.31 bits per heavy atom. The molecule has 0 aliphatic carbocycles. The fourth-order valence-electron chi connectivity index (χ4n) is 2.97. The number of hydrogen-bond acceptors (Lipinski definition) is 6. The summed E-state index contributed by atoms with van der Waals surface area (Å²) in [6, 6.07) is 2.08. The van der Waals surface area contributed by atoms with Crippen molar-refractivity contribution in [1.82, 2.24) is 15.6 Å². The molecule has 0 radical (unpaired) electrons. The molecule has 8 nitrogen and oxygen atoms in total. The maximum atomic E-state index is 12.8. The molecule has 1 aromatic heterocycles. The Morgan fingerprint density at radius 3 is 2.50 bits per heavy atom. The van der Waals surface area contributed by atoms with Crippen LogP contribution in [0, 0.1) is 17.8 Å². The highest BCUT2D eigenvalue weighted by Gasteiger charge is 2.46. The van der Waals surface area contributed by atoms with Gasteiger partial charge in [0.25, 0.3) is 0 Å². The molecule has 0 saturated carbocycles. The van der Waals surface area contributed by atoms with Crippen LogP contribution in [0.15, 0.2) is 24.5 Å². The minimum absolute atomic E-state index is 0.0203. The Hall–Kier alpha value is -2.61. The largest absolute Gasteiger partial charge is 0.346 e. The minimum atomic E-state index is -1.08. The first kappa shape index (κ1) is 19.7. The van der Waals surface area contributed by atoms with Crippen LogP contribution in [0.2, 0.25) is 0 Å². The van der Waals surface area contributed by atoms with E-state index in [9.17, 15) is 19.2 Å². The number of Topliss-reactive ketones (excluding diaryl/α,β-unsaturated/α-hetero) is 1. The number of nitrogens with two attached hydrogens (primary N) is 1. The van der Waals surface area contributed by atoms with E-state index in [1.54, 1.807) is 38.4 Å². The molecule has 0 spiro atoms. The third kappa shape index (κ3) is 4.32. The standard InChI is InChI=1S/C18H24N4O4/c1-9(2)15(16(24)14-10(3)17(25)22-18(14)26)21-13(23)7-12(19)11-5-4-6-20-8-11/h4-6,8-10,12,14-15H,7,19H2,1-3H3,(H,21,23)(H,22,25,26)/t10-,12?,14+,15-/m0/s1. The molecule has 1 unspecified atom stereocenters. The van der Waals surface area contributed by atoms with E-state index in [4.69, 9.17) is 5.73 Å². The summed E-state index contributed by atoms with van der Waals surface area (Å²) in [6.07, 6.45) is 3.17. The number of nitrogens with one attached hydrogen (secondary N) is 2. The Morgan fingerprint density at radius 2 is 2.00 bits per heavy atom. The third-order valence-electron chi connectivity index (χ3n) is 4.56. The van der Waals surface area contributed by atoms with Gasteiger partial charge in [0.1, 0.15) is 5.92 Å². The van der Waals surface area contributed by atoms with Crippen LogP contribution in [0.5, 0.6) is 0 Å². The molecule has 2 rings (SSSR count). The van der Waals surface area contributed by atoms with Gasteiger partial charge in [-0.2, -0.15) is 0 Å². The maximum Gasteiger partial charge on any atom is 0.238 e. The van der Waals surface area contributed by atoms with Gasteiger partial charge >= 0.3 is 0 Å². The molecule has 4 atom stereocenters. The zero-order valence-electron chi connectivity index (χ0n) is 15.1. The van der Waals surface area contributed by atoms with Crippen LogP contribution in [-0.2, 0) is 19.2 Å². The van der Waals surface area contributed by atoms with Crippen LogP contribution in [0.3, 0.4) is 0 Å². The molecule has 26 heavy (non-hydrogen) atoms. The molecule has 4 N–H and O–H groups in total. The van der Waals surface area contributed by atoms with E-state index in [0.29, 0.717) is 5.56 Å². The van der Waals surface area contributed by atoms with Gasteiger partial charge in [-0.1, -0.05) is 26.8 Å². The number of ketones is 1. The normalized spacial score (nSPS) is 22.0. The van der Waals surface area contributed by atoms with Crippen molar-refractivity contribution in [3.05, 3.63) is 30.1 Å². The number of imide groups is 1. The highest BCUT2D eigenvalue weighted by Crippen LogP contribution is 2.23. The second-order valence-electron chi connectivity index (χ2n) is 6.91. The zero-order valence-corrected chi connectivity index (χ0v) is 15.1.